The molecule has 2 atom stereocenters. The van der Waals surface area contributed by atoms with Crippen molar-refractivity contribution in [3.05, 3.63) is 11.6 Å². The van der Waals surface area contributed by atoms with Crippen molar-refractivity contribution in [1.82, 2.24) is 0 Å². The molecule has 0 aromatic heterocycles. The van der Waals surface area contributed by atoms with Crippen LogP contribution in [0.25, 0.3) is 0 Å². The Labute approximate surface area is 85.3 Å². The summed E-state index contributed by atoms with van der Waals surface area (Å²) in [6.07, 6.45) is 7.45. The number of carbonyl (C=O) groups is 1. The molecule has 1 aliphatic heterocycles. The van der Waals surface area contributed by atoms with Crippen molar-refractivity contribution in [2.75, 3.05) is 0 Å². The SMILES string of the molecule is CCCC1=C[C@@H]2OC(=O)C[C@]2(C)CC1. The molecule has 14 heavy (non-hydrogen) atoms. The number of allylic oxidation sites excluding steroid dienone is 1. The van der Waals surface area contributed by atoms with Gasteiger partial charge in [0.15, 0.2) is 0 Å². The highest BCUT2D eigenvalue weighted by Crippen LogP contribution is 2.45. The molecule has 2 nitrogen and oxygen atoms in total. The Bertz CT molecular complexity index is 280. The minimum Gasteiger partial charge on any atom is -0.457 e. The molecule has 0 saturated carbocycles. The number of esters is 1. The van der Waals surface area contributed by atoms with Gasteiger partial charge in [0.1, 0.15) is 6.10 Å². The number of fused-ring (bicyclic) bond motifs is 1. The quantitative estimate of drug-likeness (QED) is 0.499. The lowest BCUT2D eigenvalue weighted by molar-refractivity contribution is -0.140. The van der Waals surface area contributed by atoms with Crippen LogP contribution in [-0.2, 0) is 9.53 Å². The van der Waals surface area contributed by atoms with Gasteiger partial charge in [-0.1, -0.05) is 25.8 Å². The molecule has 2 heteroatoms. The molecule has 0 aromatic rings. The molecule has 0 radical (unpaired) electrons. The summed E-state index contributed by atoms with van der Waals surface area (Å²) in [6, 6.07) is 0. The van der Waals surface area contributed by atoms with Gasteiger partial charge in [0.05, 0.1) is 6.42 Å². The van der Waals surface area contributed by atoms with Crippen LogP contribution in [0, 0.1) is 5.41 Å². The van der Waals surface area contributed by atoms with E-state index in [-0.39, 0.29) is 17.5 Å². The van der Waals surface area contributed by atoms with Crippen LogP contribution >= 0.6 is 0 Å². The summed E-state index contributed by atoms with van der Waals surface area (Å²) in [4.78, 5) is 11.2. The highest BCUT2D eigenvalue weighted by molar-refractivity contribution is 5.73. The number of ether oxygens (including phenoxy) is 1. The molecule has 0 aromatic carbocycles. The van der Waals surface area contributed by atoms with E-state index in [2.05, 4.69) is 19.9 Å². The average Bonchev–Trinajstić information content (AvgIpc) is 2.40. The summed E-state index contributed by atoms with van der Waals surface area (Å²) < 4.78 is 5.33. The predicted molar refractivity (Wildman–Crippen MR) is 54.8 cm³/mol. The fourth-order valence-corrected chi connectivity index (χ4v) is 2.49. The van der Waals surface area contributed by atoms with E-state index in [9.17, 15) is 4.79 Å². The van der Waals surface area contributed by atoms with Gasteiger partial charge in [0, 0.05) is 5.41 Å². The Morgan fingerprint density at radius 2 is 2.43 bits per heavy atom. The van der Waals surface area contributed by atoms with Crippen LogP contribution in [0.2, 0.25) is 0 Å². The first kappa shape index (κ1) is 9.75. The summed E-state index contributed by atoms with van der Waals surface area (Å²) in [7, 11) is 0. The average molecular weight is 194 g/mol. The van der Waals surface area contributed by atoms with Crippen LogP contribution in [0.3, 0.4) is 0 Å². The standard InChI is InChI=1S/C12H18O2/c1-3-4-9-5-6-12(2)8-11(13)14-10(12)7-9/h7,10H,3-6,8H2,1-2H3/t10-,12-/m0/s1. The van der Waals surface area contributed by atoms with Crippen molar-refractivity contribution < 1.29 is 9.53 Å². The Morgan fingerprint density at radius 3 is 3.14 bits per heavy atom. The Hall–Kier alpha value is -0.790. The van der Waals surface area contributed by atoms with Gasteiger partial charge >= 0.3 is 5.97 Å². The molecule has 78 valence electrons. The second kappa shape index (κ2) is 3.41. The van der Waals surface area contributed by atoms with E-state index in [0.717, 1.165) is 19.3 Å². The van der Waals surface area contributed by atoms with Crippen LogP contribution in [0.1, 0.15) is 46.0 Å². The van der Waals surface area contributed by atoms with E-state index in [1.807, 2.05) is 0 Å². The first-order valence-electron chi connectivity index (χ1n) is 5.53. The fraction of sp³-hybridized carbons (Fsp3) is 0.750. The normalized spacial score (nSPS) is 36.3. The van der Waals surface area contributed by atoms with Crippen molar-refractivity contribution in [2.24, 2.45) is 5.41 Å². The molecule has 2 aliphatic rings. The van der Waals surface area contributed by atoms with E-state index in [1.165, 1.54) is 12.0 Å². The van der Waals surface area contributed by atoms with E-state index < -0.39 is 0 Å². The maximum atomic E-state index is 11.2. The number of hydrogen-bond donors (Lipinski definition) is 0. The van der Waals surface area contributed by atoms with Crippen LogP contribution in [-0.4, -0.2) is 12.1 Å². The van der Waals surface area contributed by atoms with Gasteiger partial charge in [-0.05, 0) is 25.3 Å². The van der Waals surface area contributed by atoms with E-state index in [1.54, 1.807) is 0 Å². The molecular formula is C12H18O2. The maximum absolute atomic E-state index is 11.2. The smallest absolute Gasteiger partial charge is 0.307 e. The first-order chi connectivity index (χ1) is 6.64. The second-order valence-electron chi connectivity index (χ2n) is 4.82. The second-order valence-corrected chi connectivity index (χ2v) is 4.82. The highest BCUT2D eigenvalue weighted by atomic mass is 16.6. The zero-order valence-electron chi connectivity index (χ0n) is 9.01. The largest absolute Gasteiger partial charge is 0.457 e. The minimum atomic E-state index is -0.0218. The number of hydrogen-bond acceptors (Lipinski definition) is 2. The lowest BCUT2D eigenvalue weighted by atomic mass is 9.73. The maximum Gasteiger partial charge on any atom is 0.307 e. The molecule has 0 amide bonds. The zero-order valence-corrected chi connectivity index (χ0v) is 9.01. The van der Waals surface area contributed by atoms with Crippen molar-refractivity contribution in [2.45, 2.75) is 52.1 Å². The minimum absolute atomic E-state index is 0.0218. The van der Waals surface area contributed by atoms with E-state index in [0.29, 0.717) is 6.42 Å². The fourth-order valence-electron chi connectivity index (χ4n) is 2.49. The summed E-state index contributed by atoms with van der Waals surface area (Å²) in [5, 5.41) is 0. The van der Waals surface area contributed by atoms with Gasteiger partial charge in [0.25, 0.3) is 0 Å². The predicted octanol–water partition coefficient (Wildman–Crippen LogP) is 2.83. The molecule has 0 spiro atoms. The van der Waals surface area contributed by atoms with E-state index >= 15 is 0 Å². The summed E-state index contributed by atoms with van der Waals surface area (Å²) in [6.45, 7) is 4.36. The molecular weight excluding hydrogens is 176 g/mol. The molecule has 2 rings (SSSR count). The van der Waals surface area contributed by atoms with Crippen LogP contribution < -0.4 is 0 Å². The molecule has 1 saturated heterocycles. The molecule has 0 N–H and O–H groups in total. The molecule has 1 aliphatic carbocycles. The third-order valence-corrected chi connectivity index (χ3v) is 3.47. The summed E-state index contributed by atoms with van der Waals surface area (Å²) >= 11 is 0. The van der Waals surface area contributed by atoms with E-state index in [4.69, 9.17) is 4.74 Å². The lowest BCUT2D eigenvalue weighted by Crippen LogP contribution is -2.29. The zero-order chi connectivity index (χ0) is 10.2. The van der Waals surface area contributed by atoms with Crippen LogP contribution in [0.15, 0.2) is 11.6 Å². The Balaban J connectivity index is 2.15. The van der Waals surface area contributed by atoms with Gasteiger partial charge < -0.3 is 4.74 Å². The summed E-state index contributed by atoms with van der Waals surface area (Å²) in [5.74, 6) is -0.0218. The van der Waals surface area contributed by atoms with Gasteiger partial charge in [0.2, 0.25) is 0 Å². The van der Waals surface area contributed by atoms with Gasteiger partial charge in [-0.3, -0.25) is 4.79 Å². The van der Waals surface area contributed by atoms with Crippen LogP contribution in [0.4, 0.5) is 0 Å². The van der Waals surface area contributed by atoms with Crippen molar-refractivity contribution in [3.8, 4) is 0 Å². The molecule has 1 fully saturated rings. The number of carbonyl (C=O) groups excluding carboxylic acids is 1. The van der Waals surface area contributed by atoms with Crippen molar-refractivity contribution in [3.63, 3.8) is 0 Å². The first-order valence-corrected chi connectivity index (χ1v) is 5.53. The monoisotopic (exact) mass is 194 g/mol. The van der Waals surface area contributed by atoms with Crippen molar-refractivity contribution in [1.29, 1.82) is 0 Å². The van der Waals surface area contributed by atoms with Gasteiger partial charge in [-0.25, -0.2) is 0 Å². The Kier molecular flexibility index (Phi) is 2.38. The molecule has 0 unspecified atom stereocenters. The topological polar surface area (TPSA) is 26.3 Å². The van der Waals surface area contributed by atoms with Gasteiger partial charge in [-0.2, -0.15) is 0 Å². The van der Waals surface area contributed by atoms with Gasteiger partial charge in [-0.15, -0.1) is 0 Å². The number of rotatable bonds is 2. The summed E-state index contributed by atoms with van der Waals surface area (Å²) in [5.41, 5.74) is 1.57. The lowest BCUT2D eigenvalue weighted by Gasteiger charge is -2.31. The Morgan fingerprint density at radius 1 is 1.64 bits per heavy atom. The molecule has 0 bridgehead atoms. The highest BCUT2D eigenvalue weighted by Gasteiger charge is 2.45. The molecule has 1 heterocycles. The third-order valence-electron chi connectivity index (χ3n) is 3.47. The third kappa shape index (κ3) is 1.58. The van der Waals surface area contributed by atoms with Crippen LogP contribution in [0.5, 0.6) is 0 Å². The van der Waals surface area contributed by atoms with Crippen molar-refractivity contribution >= 4 is 5.97 Å².